The van der Waals surface area contributed by atoms with Crippen LogP contribution in [0, 0.1) is 0 Å². The van der Waals surface area contributed by atoms with E-state index >= 15 is 0 Å². The van der Waals surface area contributed by atoms with Gasteiger partial charge in [0.15, 0.2) is 11.5 Å². The molecule has 1 aliphatic heterocycles. The van der Waals surface area contributed by atoms with Crippen molar-refractivity contribution in [2.45, 2.75) is 10.6 Å². The summed E-state index contributed by atoms with van der Waals surface area (Å²) in [7, 11) is 4.55. The number of benzene rings is 1. The first-order valence-electron chi connectivity index (χ1n) is 7.93. The second-order valence-corrected chi connectivity index (χ2v) is 7.84. The molecule has 0 saturated carbocycles. The first-order valence-corrected chi connectivity index (χ1v) is 9.73. The van der Waals surface area contributed by atoms with Crippen molar-refractivity contribution in [3.63, 3.8) is 0 Å². The van der Waals surface area contributed by atoms with E-state index in [0.29, 0.717) is 35.1 Å². The fourth-order valence-corrected chi connectivity index (χ4v) is 4.94. The van der Waals surface area contributed by atoms with Crippen LogP contribution < -0.4 is 14.4 Å². The Morgan fingerprint density at radius 1 is 1.15 bits per heavy atom. The molecule has 138 valence electrons. The molecular weight excluding hydrogens is 374 g/mol. The minimum atomic E-state index is -0.378. The van der Waals surface area contributed by atoms with Crippen LogP contribution in [0.25, 0.3) is 0 Å². The number of methoxy groups -OCH3 is 3. The number of ether oxygens (including phenoxy) is 3. The van der Waals surface area contributed by atoms with Crippen molar-refractivity contribution in [3.05, 3.63) is 34.7 Å². The number of anilines is 1. The van der Waals surface area contributed by atoms with Gasteiger partial charge in [-0.15, -0.1) is 23.1 Å². The van der Waals surface area contributed by atoms with Crippen LogP contribution in [0.4, 0.5) is 5.69 Å². The number of rotatable bonds is 6. The zero-order valence-electron chi connectivity index (χ0n) is 14.7. The van der Waals surface area contributed by atoms with Crippen LogP contribution in [0.1, 0.15) is 15.2 Å². The number of hydrogen-bond acceptors (Lipinski definition) is 7. The number of thioether (sulfide) groups is 1. The zero-order chi connectivity index (χ0) is 18.7. The highest BCUT2D eigenvalue weighted by atomic mass is 32.2. The third kappa shape index (κ3) is 3.66. The molecule has 0 unspecified atom stereocenters. The van der Waals surface area contributed by atoms with Gasteiger partial charge in [-0.25, -0.2) is 4.79 Å². The topological polar surface area (TPSA) is 65.1 Å². The molecule has 1 aromatic heterocycles. The van der Waals surface area contributed by atoms with Gasteiger partial charge in [0.25, 0.3) is 0 Å². The van der Waals surface area contributed by atoms with E-state index in [0.717, 1.165) is 15.5 Å². The van der Waals surface area contributed by atoms with Crippen molar-refractivity contribution >= 4 is 40.7 Å². The Hall–Kier alpha value is -2.19. The summed E-state index contributed by atoms with van der Waals surface area (Å²) >= 11 is 2.83. The summed E-state index contributed by atoms with van der Waals surface area (Å²) in [5.74, 6) is 1.37. The van der Waals surface area contributed by atoms with Crippen LogP contribution >= 0.6 is 23.1 Å². The van der Waals surface area contributed by atoms with E-state index in [4.69, 9.17) is 14.2 Å². The molecule has 0 radical (unpaired) electrons. The van der Waals surface area contributed by atoms with Gasteiger partial charge < -0.3 is 19.1 Å². The molecule has 2 heterocycles. The van der Waals surface area contributed by atoms with Gasteiger partial charge in [0.2, 0.25) is 5.91 Å². The molecule has 26 heavy (non-hydrogen) atoms. The number of hydrogen-bond donors (Lipinski definition) is 0. The van der Waals surface area contributed by atoms with Gasteiger partial charge in [0.1, 0.15) is 4.88 Å². The molecule has 0 atom stereocenters. The molecule has 0 saturated heterocycles. The van der Waals surface area contributed by atoms with E-state index in [1.807, 2.05) is 18.2 Å². The Kier molecular flexibility index (Phi) is 5.73. The maximum absolute atomic E-state index is 12.4. The largest absolute Gasteiger partial charge is 0.493 e. The van der Waals surface area contributed by atoms with E-state index < -0.39 is 0 Å². The highest BCUT2D eigenvalue weighted by Crippen LogP contribution is 2.42. The lowest BCUT2D eigenvalue weighted by Gasteiger charge is -2.26. The van der Waals surface area contributed by atoms with Gasteiger partial charge in [0.05, 0.1) is 37.0 Å². The van der Waals surface area contributed by atoms with E-state index in [9.17, 15) is 9.59 Å². The summed E-state index contributed by atoms with van der Waals surface area (Å²) in [6.45, 7) is 0.527. The van der Waals surface area contributed by atoms with Crippen LogP contribution in [-0.2, 0) is 16.0 Å². The number of esters is 1. The smallest absolute Gasteiger partial charge is 0.348 e. The average Bonchev–Trinajstić information content (AvgIpc) is 3.10. The highest BCUT2D eigenvalue weighted by Gasteiger charge is 2.28. The summed E-state index contributed by atoms with van der Waals surface area (Å²) in [5, 5.41) is 0. The number of nitrogens with zero attached hydrogens (tertiary/aromatic N) is 1. The summed E-state index contributed by atoms with van der Waals surface area (Å²) in [6.07, 6.45) is 0.666. The molecule has 0 bridgehead atoms. The first kappa shape index (κ1) is 18.6. The van der Waals surface area contributed by atoms with Crippen LogP contribution in [0.3, 0.4) is 0 Å². The van der Waals surface area contributed by atoms with E-state index in [1.54, 1.807) is 25.2 Å². The fourth-order valence-electron chi connectivity index (χ4n) is 2.72. The number of amides is 1. The molecule has 1 aromatic carbocycles. The van der Waals surface area contributed by atoms with Crippen molar-refractivity contribution < 1.29 is 23.8 Å². The van der Waals surface area contributed by atoms with Gasteiger partial charge in [-0.2, -0.15) is 0 Å². The molecule has 0 fully saturated rings. The molecule has 0 N–H and O–H groups in total. The Balaban J connectivity index is 1.79. The summed E-state index contributed by atoms with van der Waals surface area (Å²) in [6, 6.07) is 7.47. The first-order chi connectivity index (χ1) is 12.6. The number of carbonyl (C=O) groups excluding carboxylic acids is 2. The van der Waals surface area contributed by atoms with E-state index in [1.165, 1.54) is 30.2 Å². The molecule has 6 nitrogen and oxygen atoms in total. The summed E-state index contributed by atoms with van der Waals surface area (Å²) in [4.78, 5) is 26.4. The minimum Gasteiger partial charge on any atom is -0.493 e. The molecule has 3 rings (SSSR count). The van der Waals surface area contributed by atoms with Crippen molar-refractivity contribution in [2.24, 2.45) is 0 Å². The normalized spacial score (nSPS) is 13.3. The van der Waals surface area contributed by atoms with Gasteiger partial charge in [-0.3, -0.25) is 4.79 Å². The molecular formula is C18H19NO5S2. The number of fused-ring (bicyclic) bond motifs is 1. The Morgan fingerprint density at radius 2 is 1.92 bits per heavy atom. The molecule has 2 aromatic rings. The van der Waals surface area contributed by atoms with Crippen molar-refractivity contribution in [3.8, 4) is 11.5 Å². The predicted octanol–water partition coefficient (Wildman–Crippen LogP) is 3.23. The second kappa shape index (κ2) is 8.01. The Morgan fingerprint density at radius 3 is 2.62 bits per heavy atom. The Labute approximate surface area is 160 Å². The second-order valence-electron chi connectivity index (χ2n) is 5.55. The summed E-state index contributed by atoms with van der Waals surface area (Å²) < 4.78 is 16.3. The van der Waals surface area contributed by atoms with Crippen LogP contribution in [0.15, 0.2) is 28.5 Å². The zero-order valence-corrected chi connectivity index (χ0v) is 16.4. The SMILES string of the molecule is COC(=O)c1cc2c(s1)SCC(=O)N2CCc1ccc(OC)c(OC)c1. The molecule has 1 amide bonds. The lowest BCUT2D eigenvalue weighted by molar-refractivity contribution is -0.116. The maximum Gasteiger partial charge on any atom is 0.348 e. The van der Waals surface area contributed by atoms with Crippen LogP contribution in [0.5, 0.6) is 11.5 Å². The van der Waals surface area contributed by atoms with Gasteiger partial charge in [-0.1, -0.05) is 6.07 Å². The third-order valence-electron chi connectivity index (χ3n) is 4.06. The van der Waals surface area contributed by atoms with E-state index in [2.05, 4.69) is 0 Å². The van der Waals surface area contributed by atoms with Crippen molar-refractivity contribution in [1.29, 1.82) is 0 Å². The monoisotopic (exact) mass is 393 g/mol. The maximum atomic E-state index is 12.4. The lowest BCUT2D eigenvalue weighted by Crippen LogP contribution is -2.36. The third-order valence-corrected chi connectivity index (χ3v) is 6.42. The van der Waals surface area contributed by atoms with Crippen molar-refractivity contribution in [1.82, 2.24) is 0 Å². The quantitative estimate of drug-likeness (QED) is 0.702. The lowest BCUT2D eigenvalue weighted by atomic mass is 10.1. The molecule has 1 aliphatic rings. The standard InChI is InChI=1S/C18H19NO5S2/c1-22-13-5-4-11(8-14(13)23-2)6-7-19-12-9-15(17(21)24-3)26-18(12)25-10-16(19)20/h4-5,8-9H,6-7,10H2,1-3H3. The number of carbonyl (C=O) groups is 2. The van der Waals surface area contributed by atoms with Gasteiger partial charge in [-0.05, 0) is 30.2 Å². The fraction of sp³-hybridized carbons (Fsp3) is 0.333. The van der Waals surface area contributed by atoms with Crippen LogP contribution in [0.2, 0.25) is 0 Å². The molecule has 8 heteroatoms. The van der Waals surface area contributed by atoms with Gasteiger partial charge in [0, 0.05) is 6.54 Å². The average molecular weight is 393 g/mol. The van der Waals surface area contributed by atoms with E-state index in [-0.39, 0.29) is 11.9 Å². The van der Waals surface area contributed by atoms with Crippen molar-refractivity contribution in [2.75, 3.05) is 38.5 Å². The molecule has 0 aliphatic carbocycles. The number of thiophene rings is 1. The summed E-state index contributed by atoms with van der Waals surface area (Å²) in [5.41, 5.74) is 1.83. The predicted molar refractivity (Wildman–Crippen MR) is 102 cm³/mol. The Bertz CT molecular complexity index is 833. The minimum absolute atomic E-state index is 0.0391. The molecule has 0 spiro atoms. The highest BCUT2D eigenvalue weighted by molar-refractivity contribution is 8.02. The van der Waals surface area contributed by atoms with Crippen LogP contribution in [-0.4, -0.2) is 45.5 Å². The van der Waals surface area contributed by atoms with Gasteiger partial charge >= 0.3 is 5.97 Å².